The maximum Gasteiger partial charge on any atom is 0.254 e. The van der Waals surface area contributed by atoms with E-state index in [1.807, 2.05) is 29.2 Å². The van der Waals surface area contributed by atoms with Gasteiger partial charge in [-0.05, 0) is 49.0 Å². The molecule has 2 N–H and O–H groups in total. The van der Waals surface area contributed by atoms with Gasteiger partial charge >= 0.3 is 0 Å². The summed E-state index contributed by atoms with van der Waals surface area (Å²) in [6.45, 7) is 5.23. The second-order valence-corrected chi connectivity index (χ2v) is 6.68. The molecule has 1 aliphatic rings. The minimum atomic E-state index is 0.0416. The lowest BCUT2D eigenvalue weighted by Gasteiger charge is -2.26. The number of hydrogen-bond donors (Lipinski definition) is 2. The summed E-state index contributed by atoms with van der Waals surface area (Å²) < 4.78 is 5.28. The van der Waals surface area contributed by atoms with E-state index in [0.717, 1.165) is 5.69 Å². The molecule has 136 valence electrons. The predicted octanol–water partition coefficient (Wildman–Crippen LogP) is 2.95. The molecular formula is C20H23N3O2S. The van der Waals surface area contributed by atoms with E-state index in [0.29, 0.717) is 43.5 Å². The summed E-state index contributed by atoms with van der Waals surface area (Å²) in [5.74, 6) is 0.0416. The first kappa shape index (κ1) is 18.4. The highest BCUT2D eigenvalue weighted by atomic mass is 32.1. The zero-order chi connectivity index (χ0) is 18.4. The van der Waals surface area contributed by atoms with Crippen LogP contribution in [0.15, 0.2) is 48.5 Å². The molecule has 0 radical (unpaired) electrons. The Hall–Kier alpha value is -2.44. The van der Waals surface area contributed by atoms with Gasteiger partial charge in [-0.3, -0.25) is 4.79 Å². The van der Waals surface area contributed by atoms with Crippen molar-refractivity contribution in [2.75, 3.05) is 31.6 Å². The first-order chi connectivity index (χ1) is 12.6. The number of aryl methyl sites for hydroxylation is 1. The van der Waals surface area contributed by atoms with Crippen molar-refractivity contribution in [3.05, 3.63) is 65.2 Å². The van der Waals surface area contributed by atoms with Crippen LogP contribution in [0.2, 0.25) is 0 Å². The molecule has 0 unspecified atom stereocenters. The third-order valence-electron chi connectivity index (χ3n) is 4.26. The average molecular weight is 369 g/mol. The Morgan fingerprint density at radius 2 is 1.73 bits per heavy atom. The van der Waals surface area contributed by atoms with Crippen LogP contribution in [0.3, 0.4) is 0 Å². The summed E-state index contributed by atoms with van der Waals surface area (Å²) in [7, 11) is 0. The highest BCUT2D eigenvalue weighted by Gasteiger charge is 2.18. The lowest BCUT2D eigenvalue weighted by molar-refractivity contribution is 0.0303. The minimum Gasteiger partial charge on any atom is -0.378 e. The van der Waals surface area contributed by atoms with Gasteiger partial charge in [-0.25, -0.2) is 0 Å². The number of carbonyl (C=O) groups is 1. The third-order valence-corrected chi connectivity index (χ3v) is 4.51. The van der Waals surface area contributed by atoms with E-state index in [2.05, 4.69) is 41.8 Å². The van der Waals surface area contributed by atoms with Gasteiger partial charge in [0.25, 0.3) is 5.91 Å². The van der Waals surface area contributed by atoms with Gasteiger partial charge in [-0.1, -0.05) is 29.8 Å². The molecule has 0 atom stereocenters. The Morgan fingerprint density at radius 3 is 2.38 bits per heavy atom. The molecule has 3 rings (SSSR count). The number of ether oxygens (including phenoxy) is 1. The molecule has 1 heterocycles. The topological polar surface area (TPSA) is 53.6 Å². The molecule has 2 aromatic carbocycles. The van der Waals surface area contributed by atoms with Gasteiger partial charge in [0.1, 0.15) is 0 Å². The zero-order valence-electron chi connectivity index (χ0n) is 14.8. The van der Waals surface area contributed by atoms with Crippen molar-refractivity contribution in [1.29, 1.82) is 0 Å². The molecule has 1 amide bonds. The predicted molar refractivity (Wildman–Crippen MR) is 107 cm³/mol. The van der Waals surface area contributed by atoms with Crippen LogP contribution in [-0.2, 0) is 11.3 Å². The lowest BCUT2D eigenvalue weighted by atomic mass is 10.1. The second kappa shape index (κ2) is 8.78. The van der Waals surface area contributed by atoms with Crippen LogP contribution in [0.5, 0.6) is 0 Å². The summed E-state index contributed by atoms with van der Waals surface area (Å²) >= 11 is 5.34. The Balaban J connectivity index is 1.50. The SMILES string of the molecule is Cc1ccc(CNC(=S)Nc2ccc(C(=O)N3CCOCC3)cc2)cc1. The normalized spacial score (nSPS) is 14.0. The molecule has 2 aromatic rings. The van der Waals surface area contributed by atoms with Crippen molar-refractivity contribution in [3.8, 4) is 0 Å². The number of rotatable bonds is 4. The van der Waals surface area contributed by atoms with Gasteiger partial charge in [-0.2, -0.15) is 0 Å². The molecule has 6 heteroatoms. The van der Waals surface area contributed by atoms with Crippen LogP contribution in [0, 0.1) is 6.92 Å². The number of anilines is 1. The van der Waals surface area contributed by atoms with Crippen LogP contribution in [0.25, 0.3) is 0 Å². The number of thiocarbonyl (C=S) groups is 1. The van der Waals surface area contributed by atoms with Crippen LogP contribution in [0.1, 0.15) is 21.5 Å². The van der Waals surface area contributed by atoms with E-state index in [4.69, 9.17) is 17.0 Å². The number of carbonyl (C=O) groups excluding carboxylic acids is 1. The molecule has 5 nitrogen and oxygen atoms in total. The quantitative estimate of drug-likeness (QED) is 0.812. The van der Waals surface area contributed by atoms with E-state index in [9.17, 15) is 4.79 Å². The van der Waals surface area contributed by atoms with Crippen molar-refractivity contribution < 1.29 is 9.53 Å². The second-order valence-electron chi connectivity index (χ2n) is 6.28. The molecule has 1 saturated heterocycles. The van der Waals surface area contributed by atoms with Crippen LogP contribution in [-0.4, -0.2) is 42.2 Å². The smallest absolute Gasteiger partial charge is 0.254 e. The molecule has 0 aromatic heterocycles. The van der Waals surface area contributed by atoms with Gasteiger partial charge in [0.05, 0.1) is 13.2 Å². The van der Waals surface area contributed by atoms with Crippen molar-refractivity contribution in [1.82, 2.24) is 10.2 Å². The largest absolute Gasteiger partial charge is 0.378 e. The molecule has 1 fully saturated rings. The summed E-state index contributed by atoms with van der Waals surface area (Å²) in [4.78, 5) is 14.2. The molecular weight excluding hydrogens is 346 g/mol. The third kappa shape index (κ3) is 5.03. The first-order valence-corrected chi connectivity index (χ1v) is 9.10. The number of benzene rings is 2. The van der Waals surface area contributed by atoms with Gasteiger partial charge in [-0.15, -0.1) is 0 Å². The molecule has 0 saturated carbocycles. The van der Waals surface area contributed by atoms with Crippen molar-refractivity contribution in [3.63, 3.8) is 0 Å². The maximum absolute atomic E-state index is 12.4. The molecule has 0 aliphatic carbocycles. The number of nitrogens with one attached hydrogen (secondary N) is 2. The number of hydrogen-bond acceptors (Lipinski definition) is 3. The maximum atomic E-state index is 12.4. The van der Waals surface area contributed by atoms with Crippen LogP contribution in [0.4, 0.5) is 5.69 Å². The van der Waals surface area contributed by atoms with Crippen molar-refractivity contribution >= 4 is 28.9 Å². The summed E-state index contributed by atoms with van der Waals surface area (Å²) in [6, 6.07) is 15.7. The summed E-state index contributed by atoms with van der Waals surface area (Å²) in [5.41, 5.74) is 3.94. The number of nitrogens with zero attached hydrogens (tertiary/aromatic N) is 1. The first-order valence-electron chi connectivity index (χ1n) is 8.69. The average Bonchev–Trinajstić information content (AvgIpc) is 2.68. The number of amides is 1. The summed E-state index contributed by atoms with van der Waals surface area (Å²) in [5, 5.41) is 6.89. The van der Waals surface area contributed by atoms with E-state index >= 15 is 0 Å². The Labute approximate surface area is 159 Å². The van der Waals surface area contributed by atoms with E-state index in [-0.39, 0.29) is 5.91 Å². The van der Waals surface area contributed by atoms with E-state index < -0.39 is 0 Å². The van der Waals surface area contributed by atoms with Crippen molar-refractivity contribution in [2.24, 2.45) is 0 Å². The van der Waals surface area contributed by atoms with Gasteiger partial charge in [0, 0.05) is 30.9 Å². The molecule has 26 heavy (non-hydrogen) atoms. The van der Waals surface area contributed by atoms with Crippen LogP contribution >= 0.6 is 12.2 Å². The monoisotopic (exact) mass is 369 g/mol. The van der Waals surface area contributed by atoms with Crippen LogP contribution < -0.4 is 10.6 Å². The lowest BCUT2D eigenvalue weighted by Crippen LogP contribution is -2.40. The zero-order valence-corrected chi connectivity index (χ0v) is 15.6. The number of morpholine rings is 1. The van der Waals surface area contributed by atoms with Gasteiger partial charge in [0.15, 0.2) is 5.11 Å². The highest BCUT2D eigenvalue weighted by Crippen LogP contribution is 2.13. The Kier molecular flexibility index (Phi) is 6.20. The van der Waals surface area contributed by atoms with Gasteiger partial charge in [0.2, 0.25) is 0 Å². The van der Waals surface area contributed by atoms with E-state index in [1.54, 1.807) is 0 Å². The Bertz CT molecular complexity index is 754. The fraction of sp³-hybridized carbons (Fsp3) is 0.300. The Morgan fingerprint density at radius 1 is 1.08 bits per heavy atom. The van der Waals surface area contributed by atoms with Crippen molar-refractivity contribution in [2.45, 2.75) is 13.5 Å². The molecule has 0 spiro atoms. The molecule has 0 bridgehead atoms. The summed E-state index contributed by atoms with van der Waals surface area (Å²) in [6.07, 6.45) is 0. The minimum absolute atomic E-state index is 0.0416. The highest BCUT2D eigenvalue weighted by molar-refractivity contribution is 7.80. The standard InChI is InChI=1S/C20H23N3O2S/c1-15-2-4-16(5-3-15)14-21-20(26)22-18-8-6-17(7-9-18)19(24)23-10-12-25-13-11-23/h2-9H,10-14H2,1H3,(H2,21,22,26). The fourth-order valence-electron chi connectivity index (χ4n) is 2.71. The molecule has 1 aliphatic heterocycles. The van der Waals surface area contributed by atoms with Gasteiger partial charge < -0.3 is 20.3 Å². The fourth-order valence-corrected chi connectivity index (χ4v) is 2.90. The van der Waals surface area contributed by atoms with E-state index in [1.165, 1.54) is 11.1 Å².